The Kier molecular flexibility index (Phi) is 22.4. The van der Waals surface area contributed by atoms with Crippen molar-refractivity contribution >= 4 is 41.1 Å². The van der Waals surface area contributed by atoms with Crippen LogP contribution in [0.4, 0.5) is 0 Å². The second-order valence-electron chi connectivity index (χ2n) is 19.4. The number of benzene rings is 1. The summed E-state index contributed by atoms with van der Waals surface area (Å²) in [6.07, 6.45) is -5.45. The van der Waals surface area contributed by atoms with Gasteiger partial charge in [-0.15, -0.1) is 0 Å². The van der Waals surface area contributed by atoms with E-state index >= 15 is 0 Å². The fraction of sp³-hybridized carbons (Fsp3) is 0.635. The molecule has 14 atom stereocenters. The molecule has 18 nitrogen and oxygen atoms in total. The molecule has 1 aromatic rings. The number of aromatic hydroxyl groups is 2. The topological polar surface area (TPSA) is 267 Å². The maximum Gasteiger partial charge on any atom is 0.342 e. The number of ether oxygens (including phenoxy) is 8. The molecule has 0 spiro atoms. The van der Waals surface area contributed by atoms with Crippen LogP contribution in [0.1, 0.15) is 111 Å². The molecular formula is C52H74Cl2O18. The first-order chi connectivity index (χ1) is 33.7. The number of hydrogen-bond acceptors (Lipinski definition) is 18. The molecule has 0 radical (unpaired) electrons. The number of aliphatic hydroxyl groups excluding tert-OH is 5. The van der Waals surface area contributed by atoms with E-state index in [-0.39, 0.29) is 35.4 Å². The Balaban J connectivity index is 1.61. The van der Waals surface area contributed by atoms with Crippen molar-refractivity contribution in [2.75, 3.05) is 13.7 Å². The molecule has 0 aromatic heterocycles. The molecule has 3 heterocycles. The van der Waals surface area contributed by atoms with Gasteiger partial charge in [0.15, 0.2) is 36.3 Å². The number of carbonyl (C=O) groups excluding carboxylic acids is 3. The highest BCUT2D eigenvalue weighted by molar-refractivity contribution is 6.39. The molecule has 0 saturated carbocycles. The summed E-state index contributed by atoms with van der Waals surface area (Å²) in [5, 5.41) is 76.5. The van der Waals surface area contributed by atoms with Crippen LogP contribution in [0.5, 0.6) is 11.5 Å². The van der Waals surface area contributed by atoms with E-state index in [1.54, 1.807) is 53.7 Å². The molecule has 7 N–H and O–H groups in total. The average Bonchev–Trinajstić information content (AvgIpc) is 3.32. The van der Waals surface area contributed by atoms with E-state index in [4.69, 9.17) is 61.1 Å². The Hall–Kier alpha value is -3.89. The van der Waals surface area contributed by atoms with E-state index in [0.717, 1.165) is 0 Å². The molecular weight excluding hydrogens is 983 g/mol. The SMILES string of the molecule is CCc1c(Cl)c(O)c(Cl)c(O)c1C(=O)O[C@H]1[C@H](O)[C@H](OC)[C@H](OC/C2=C\C=C\C[C@H](O)/C(C)=C/[C@H](CC)C(O[C@@H]3OC(C)(C)[C@@H](OC(=O)C(C)C)[C@H](O)[C@@H]3O)/C(C)=C/C(C)=C\CC([C@@H](C)O)OC2=O)O[C@@H]1C. The van der Waals surface area contributed by atoms with Crippen molar-refractivity contribution in [1.82, 2.24) is 0 Å². The number of rotatable bonds is 13. The van der Waals surface area contributed by atoms with Gasteiger partial charge in [-0.3, -0.25) is 4.79 Å². The molecule has 72 heavy (non-hydrogen) atoms. The van der Waals surface area contributed by atoms with Gasteiger partial charge in [0.2, 0.25) is 0 Å². The van der Waals surface area contributed by atoms with Gasteiger partial charge in [-0.1, -0.05) is 86.9 Å². The number of hydrogen-bond donors (Lipinski definition) is 7. The third kappa shape index (κ3) is 14.7. The average molecular weight is 1060 g/mol. The monoisotopic (exact) mass is 1060 g/mol. The van der Waals surface area contributed by atoms with Gasteiger partial charge in [0.1, 0.15) is 46.7 Å². The lowest BCUT2D eigenvalue weighted by Crippen LogP contribution is -2.64. The number of carbonyl (C=O) groups is 3. The van der Waals surface area contributed by atoms with Gasteiger partial charge in [-0.25, -0.2) is 9.59 Å². The molecule has 2 fully saturated rings. The zero-order valence-electron chi connectivity index (χ0n) is 43.0. The number of phenolic OH excluding ortho intramolecular Hbond substituents is 2. The van der Waals surface area contributed by atoms with E-state index in [1.165, 1.54) is 33.1 Å². The summed E-state index contributed by atoms with van der Waals surface area (Å²) in [6, 6.07) is 0. The van der Waals surface area contributed by atoms with Gasteiger partial charge in [0, 0.05) is 19.4 Å². The highest BCUT2D eigenvalue weighted by Gasteiger charge is 2.53. The predicted molar refractivity (Wildman–Crippen MR) is 265 cm³/mol. The van der Waals surface area contributed by atoms with E-state index in [2.05, 4.69) is 0 Å². The third-order valence-corrected chi connectivity index (χ3v) is 13.8. The second-order valence-corrected chi connectivity index (χ2v) is 20.1. The Morgan fingerprint density at radius 2 is 1.57 bits per heavy atom. The van der Waals surface area contributed by atoms with E-state index < -0.39 is 144 Å². The molecule has 0 aliphatic carbocycles. The van der Waals surface area contributed by atoms with Crippen LogP contribution in [-0.4, -0.2) is 153 Å². The van der Waals surface area contributed by atoms with Crippen LogP contribution >= 0.6 is 23.2 Å². The second kappa shape index (κ2) is 26.5. The maximum absolute atomic E-state index is 13.9. The van der Waals surface area contributed by atoms with E-state index in [1.807, 2.05) is 32.9 Å². The zero-order chi connectivity index (χ0) is 54.1. The summed E-state index contributed by atoms with van der Waals surface area (Å²) in [7, 11) is 1.26. The van der Waals surface area contributed by atoms with Crippen LogP contribution in [0.15, 0.2) is 58.7 Å². The number of cyclic esters (lactones) is 1. The number of aliphatic hydroxyl groups is 5. The summed E-state index contributed by atoms with van der Waals surface area (Å²) in [5.41, 5.74) is 0.318. The Bertz CT molecular complexity index is 2220. The van der Waals surface area contributed by atoms with Crippen molar-refractivity contribution in [1.29, 1.82) is 0 Å². The van der Waals surface area contributed by atoms with Gasteiger partial charge in [0.05, 0.1) is 47.5 Å². The quantitative estimate of drug-likeness (QED) is 0.0655. The van der Waals surface area contributed by atoms with Gasteiger partial charge >= 0.3 is 17.9 Å². The Labute approximate surface area is 431 Å². The lowest BCUT2D eigenvalue weighted by Gasteiger charge is -2.47. The molecule has 4 rings (SSSR count). The van der Waals surface area contributed by atoms with E-state index in [9.17, 15) is 50.1 Å². The molecule has 0 bridgehead atoms. The van der Waals surface area contributed by atoms with Crippen LogP contribution in [-0.2, 0) is 53.9 Å². The fourth-order valence-corrected chi connectivity index (χ4v) is 9.16. The lowest BCUT2D eigenvalue weighted by molar-refractivity contribution is -0.333. The van der Waals surface area contributed by atoms with Gasteiger partial charge in [-0.05, 0) is 90.5 Å². The van der Waals surface area contributed by atoms with Crippen molar-refractivity contribution < 1.29 is 88.0 Å². The minimum atomic E-state index is -1.61. The molecule has 3 aliphatic rings. The normalized spacial score (nSPS) is 34.8. The van der Waals surface area contributed by atoms with Crippen molar-refractivity contribution in [3.63, 3.8) is 0 Å². The number of methoxy groups -OCH3 is 1. The maximum atomic E-state index is 13.9. The van der Waals surface area contributed by atoms with Crippen LogP contribution in [0.25, 0.3) is 0 Å². The van der Waals surface area contributed by atoms with Crippen LogP contribution < -0.4 is 0 Å². The third-order valence-electron chi connectivity index (χ3n) is 13.0. The van der Waals surface area contributed by atoms with Crippen molar-refractivity contribution in [2.45, 2.75) is 187 Å². The Morgan fingerprint density at radius 3 is 2.17 bits per heavy atom. The largest absolute Gasteiger partial charge is 0.505 e. The van der Waals surface area contributed by atoms with Crippen molar-refractivity contribution in [3.8, 4) is 11.5 Å². The smallest absolute Gasteiger partial charge is 0.342 e. The summed E-state index contributed by atoms with van der Waals surface area (Å²) < 4.78 is 47.5. The van der Waals surface area contributed by atoms with Crippen LogP contribution in [0, 0.1) is 11.8 Å². The first-order valence-corrected chi connectivity index (χ1v) is 24.9. The zero-order valence-corrected chi connectivity index (χ0v) is 44.5. The number of phenols is 2. The number of esters is 3. The van der Waals surface area contributed by atoms with Gasteiger partial charge in [-0.2, -0.15) is 0 Å². The fourth-order valence-electron chi connectivity index (χ4n) is 8.60. The summed E-state index contributed by atoms with van der Waals surface area (Å²) >= 11 is 12.3. The minimum absolute atomic E-state index is 0.0372. The van der Waals surface area contributed by atoms with Crippen LogP contribution in [0.2, 0.25) is 10.0 Å². The first-order valence-electron chi connectivity index (χ1n) is 24.2. The summed E-state index contributed by atoms with van der Waals surface area (Å²) in [6.45, 7) is 18.1. The lowest BCUT2D eigenvalue weighted by atomic mass is 9.88. The molecule has 20 heteroatoms. The summed E-state index contributed by atoms with van der Waals surface area (Å²) in [5.74, 6) is -4.78. The number of allylic oxidation sites excluding steroid dienone is 4. The molecule has 3 aliphatic heterocycles. The minimum Gasteiger partial charge on any atom is -0.505 e. The Morgan fingerprint density at radius 1 is 0.903 bits per heavy atom. The van der Waals surface area contributed by atoms with Crippen molar-refractivity contribution in [2.24, 2.45) is 11.8 Å². The molecule has 404 valence electrons. The van der Waals surface area contributed by atoms with Gasteiger partial charge in [0.25, 0.3) is 0 Å². The number of halogens is 2. The standard InChI is InChI=1S/C52H74Cl2O18/c1-13-30-22-26(6)33(56)18-16-15-17-31(23-66-51-45(65-12)42(61)44(29(9)67-51)69-49(64)35-32(14-2)36(53)39(58)37(54)38(35)57)48(63)68-34(28(8)55)20-19-25(5)21-27(7)43(30)70-50-41(60)40(59)46(52(10,11)72-50)71-47(62)24(3)4/h15-17,19,21-22,24,28-30,33-34,40-46,50-51,55-61H,13-14,18,20,23H2,1-12H3/b16-15+,25-19-,26-22+,27-21+,31-17+/t28-,29-,30+,33+,34?,40-,41+,42+,43?,44-,45+,46+,50-,51-/m1/s1. The first kappa shape index (κ1) is 60.7. The van der Waals surface area contributed by atoms with Crippen LogP contribution in [0.3, 0.4) is 0 Å². The molecule has 1 aromatic carbocycles. The predicted octanol–water partition coefficient (Wildman–Crippen LogP) is 6.23. The molecule has 2 unspecified atom stereocenters. The molecule has 2 saturated heterocycles. The van der Waals surface area contributed by atoms with Gasteiger partial charge < -0.3 is 73.6 Å². The highest BCUT2D eigenvalue weighted by Crippen LogP contribution is 2.45. The van der Waals surface area contributed by atoms with E-state index in [0.29, 0.717) is 23.1 Å². The molecule has 0 amide bonds. The van der Waals surface area contributed by atoms with Crippen molar-refractivity contribution in [3.05, 3.63) is 79.9 Å². The highest BCUT2D eigenvalue weighted by atomic mass is 35.5. The summed E-state index contributed by atoms with van der Waals surface area (Å²) in [4.78, 5) is 40.0.